The number of hydrogen-bond donors (Lipinski definition) is 0. The Hall–Kier alpha value is -0.470. The van der Waals surface area contributed by atoms with Gasteiger partial charge in [0.1, 0.15) is 6.29 Å². The quantitative estimate of drug-likeness (QED) is 0.517. The predicted molar refractivity (Wildman–Crippen MR) is 72.4 cm³/mol. The number of thioether (sulfide) groups is 1. The molecule has 0 aliphatic heterocycles. The topological polar surface area (TPSA) is 17.1 Å². The van der Waals surface area contributed by atoms with Crippen molar-refractivity contribution in [2.45, 2.75) is 25.7 Å². The van der Waals surface area contributed by atoms with E-state index < -0.39 is 0 Å². The standard InChI is InChI=1S/C13H17ClOS/c14-13-8-2-1-6-12(13)7-3-4-10-16-11-5-9-15/h1-2,6,8-9H,3-5,7,10-11H2. The second-order valence-corrected chi connectivity index (χ2v) is 5.25. The summed E-state index contributed by atoms with van der Waals surface area (Å²) in [6.45, 7) is 0. The Morgan fingerprint density at radius 1 is 1.19 bits per heavy atom. The van der Waals surface area contributed by atoms with Gasteiger partial charge in [-0.05, 0) is 42.4 Å². The highest BCUT2D eigenvalue weighted by Gasteiger charge is 1.98. The highest BCUT2D eigenvalue weighted by molar-refractivity contribution is 7.99. The minimum absolute atomic E-state index is 0.676. The highest BCUT2D eigenvalue weighted by atomic mass is 35.5. The average Bonchev–Trinajstić information content (AvgIpc) is 2.30. The molecule has 1 rings (SSSR count). The van der Waals surface area contributed by atoms with Crippen molar-refractivity contribution in [1.29, 1.82) is 0 Å². The number of aryl methyl sites for hydroxylation is 1. The summed E-state index contributed by atoms with van der Waals surface area (Å²) in [5.41, 5.74) is 1.24. The fourth-order valence-corrected chi connectivity index (χ4v) is 2.56. The molecule has 16 heavy (non-hydrogen) atoms. The molecule has 1 aromatic rings. The van der Waals surface area contributed by atoms with Crippen molar-refractivity contribution < 1.29 is 4.79 Å². The number of carbonyl (C=O) groups excluding carboxylic acids is 1. The van der Waals surface area contributed by atoms with Crippen LogP contribution in [0.3, 0.4) is 0 Å². The van der Waals surface area contributed by atoms with Crippen LogP contribution < -0.4 is 0 Å². The van der Waals surface area contributed by atoms with Gasteiger partial charge in [0.15, 0.2) is 0 Å². The summed E-state index contributed by atoms with van der Waals surface area (Å²) >= 11 is 7.91. The maximum Gasteiger partial charge on any atom is 0.120 e. The lowest BCUT2D eigenvalue weighted by atomic mass is 10.1. The van der Waals surface area contributed by atoms with Crippen LogP contribution in [0.4, 0.5) is 0 Å². The largest absolute Gasteiger partial charge is 0.303 e. The first-order chi connectivity index (χ1) is 7.84. The Balaban J connectivity index is 2.07. The van der Waals surface area contributed by atoms with E-state index >= 15 is 0 Å². The second-order valence-electron chi connectivity index (χ2n) is 3.62. The molecule has 3 heteroatoms. The van der Waals surface area contributed by atoms with Gasteiger partial charge in [0.05, 0.1) is 0 Å². The minimum atomic E-state index is 0.676. The van der Waals surface area contributed by atoms with Crippen molar-refractivity contribution in [2.24, 2.45) is 0 Å². The van der Waals surface area contributed by atoms with E-state index in [2.05, 4.69) is 6.07 Å². The normalized spacial score (nSPS) is 10.3. The molecule has 0 atom stereocenters. The molecule has 1 aromatic carbocycles. The molecule has 0 radical (unpaired) electrons. The van der Waals surface area contributed by atoms with Crippen molar-refractivity contribution in [1.82, 2.24) is 0 Å². The van der Waals surface area contributed by atoms with Crippen molar-refractivity contribution in [3.8, 4) is 0 Å². The van der Waals surface area contributed by atoms with Crippen LogP contribution in [0.2, 0.25) is 5.02 Å². The second kappa shape index (κ2) is 8.66. The molecular formula is C13H17ClOS. The fraction of sp³-hybridized carbons (Fsp3) is 0.462. The van der Waals surface area contributed by atoms with Gasteiger partial charge in [-0.1, -0.05) is 29.8 Å². The van der Waals surface area contributed by atoms with E-state index in [4.69, 9.17) is 11.6 Å². The van der Waals surface area contributed by atoms with Gasteiger partial charge in [0.25, 0.3) is 0 Å². The third-order valence-electron chi connectivity index (χ3n) is 2.32. The zero-order chi connectivity index (χ0) is 11.6. The lowest BCUT2D eigenvalue weighted by Gasteiger charge is -2.03. The Bertz CT molecular complexity index is 315. The van der Waals surface area contributed by atoms with Crippen molar-refractivity contribution in [3.63, 3.8) is 0 Å². The number of rotatable bonds is 8. The van der Waals surface area contributed by atoms with Gasteiger partial charge >= 0.3 is 0 Å². The van der Waals surface area contributed by atoms with E-state index in [0.29, 0.717) is 6.42 Å². The third-order valence-corrected chi connectivity index (χ3v) is 3.79. The fourth-order valence-electron chi connectivity index (χ4n) is 1.45. The lowest BCUT2D eigenvalue weighted by molar-refractivity contribution is -0.107. The van der Waals surface area contributed by atoms with E-state index in [9.17, 15) is 4.79 Å². The summed E-state index contributed by atoms with van der Waals surface area (Å²) in [5.74, 6) is 2.09. The molecule has 0 aromatic heterocycles. The van der Waals surface area contributed by atoms with Crippen LogP contribution in [0.25, 0.3) is 0 Å². The number of benzene rings is 1. The van der Waals surface area contributed by atoms with Crippen LogP contribution >= 0.6 is 23.4 Å². The Morgan fingerprint density at radius 2 is 2.00 bits per heavy atom. The summed E-state index contributed by atoms with van der Waals surface area (Å²) in [4.78, 5) is 10.1. The molecule has 1 nitrogen and oxygen atoms in total. The molecule has 0 saturated carbocycles. The van der Waals surface area contributed by atoms with Gasteiger partial charge in [-0.2, -0.15) is 11.8 Å². The van der Waals surface area contributed by atoms with Gasteiger partial charge in [-0.15, -0.1) is 0 Å². The zero-order valence-corrected chi connectivity index (χ0v) is 10.9. The summed E-state index contributed by atoms with van der Waals surface area (Å²) in [7, 11) is 0. The first kappa shape index (κ1) is 13.6. The molecule has 0 fully saturated rings. The van der Waals surface area contributed by atoms with Crippen molar-refractivity contribution >= 4 is 29.6 Å². The van der Waals surface area contributed by atoms with Crippen molar-refractivity contribution in [3.05, 3.63) is 34.9 Å². The Morgan fingerprint density at radius 3 is 2.75 bits per heavy atom. The number of halogens is 1. The lowest BCUT2D eigenvalue weighted by Crippen LogP contribution is -1.89. The van der Waals surface area contributed by atoms with Crippen LogP contribution in [0.5, 0.6) is 0 Å². The van der Waals surface area contributed by atoms with Crippen molar-refractivity contribution in [2.75, 3.05) is 11.5 Å². The Kier molecular flexibility index (Phi) is 7.35. The van der Waals surface area contributed by atoms with Crippen LogP contribution in [-0.4, -0.2) is 17.8 Å². The first-order valence-corrected chi connectivity index (χ1v) is 7.12. The zero-order valence-electron chi connectivity index (χ0n) is 9.32. The van der Waals surface area contributed by atoms with Gasteiger partial charge < -0.3 is 4.79 Å². The molecule has 88 valence electrons. The molecule has 0 N–H and O–H groups in total. The summed E-state index contributed by atoms with van der Waals surface area (Å²) in [6.07, 6.45) is 5.06. The predicted octanol–water partition coefficient (Wildman–Crippen LogP) is 3.98. The number of hydrogen-bond acceptors (Lipinski definition) is 2. The van der Waals surface area contributed by atoms with Crippen LogP contribution in [0.15, 0.2) is 24.3 Å². The number of aldehydes is 1. The molecule has 0 aliphatic carbocycles. The number of unbranched alkanes of at least 4 members (excludes halogenated alkanes) is 1. The SMILES string of the molecule is O=CCCSCCCCc1ccccc1Cl. The minimum Gasteiger partial charge on any atom is -0.303 e. The molecular weight excluding hydrogens is 240 g/mol. The van der Waals surface area contributed by atoms with E-state index in [-0.39, 0.29) is 0 Å². The molecule has 0 bridgehead atoms. The van der Waals surface area contributed by atoms with E-state index in [1.54, 1.807) is 0 Å². The van der Waals surface area contributed by atoms with E-state index in [1.165, 1.54) is 12.0 Å². The monoisotopic (exact) mass is 256 g/mol. The van der Waals surface area contributed by atoms with Crippen LogP contribution in [0.1, 0.15) is 24.8 Å². The number of carbonyl (C=O) groups is 1. The average molecular weight is 257 g/mol. The summed E-state index contributed by atoms with van der Waals surface area (Å²) in [5, 5.41) is 0.871. The molecule has 0 saturated heterocycles. The summed E-state index contributed by atoms with van der Waals surface area (Å²) < 4.78 is 0. The molecule has 0 amide bonds. The van der Waals surface area contributed by atoms with Gasteiger partial charge in [0.2, 0.25) is 0 Å². The third kappa shape index (κ3) is 5.57. The van der Waals surface area contributed by atoms with E-state index in [1.807, 2.05) is 30.0 Å². The van der Waals surface area contributed by atoms with Gasteiger partial charge in [-0.3, -0.25) is 0 Å². The smallest absolute Gasteiger partial charge is 0.120 e. The highest BCUT2D eigenvalue weighted by Crippen LogP contribution is 2.17. The molecule has 0 spiro atoms. The molecule has 0 heterocycles. The molecule has 0 aliphatic rings. The van der Waals surface area contributed by atoms with Gasteiger partial charge in [-0.25, -0.2) is 0 Å². The van der Waals surface area contributed by atoms with Gasteiger partial charge in [0, 0.05) is 11.4 Å². The van der Waals surface area contributed by atoms with E-state index in [0.717, 1.165) is 35.7 Å². The summed E-state index contributed by atoms with van der Waals surface area (Å²) in [6, 6.07) is 8.01. The Labute approximate surface area is 107 Å². The molecule has 0 unspecified atom stereocenters. The van der Waals surface area contributed by atoms with Crippen LogP contribution in [0, 0.1) is 0 Å². The van der Waals surface area contributed by atoms with Crippen LogP contribution in [-0.2, 0) is 11.2 Å². The first-order valence-electron chi connectivity index (χ1n) is 5.59. The maximum absolute atomic E-state index is 10.1. The maximum atomic E-state index is 10.1.